The summed E-state index contributed by atoms with van der Waals surface area (Å²) in [6, 6.07) is 0.0101. The smallest absolute Gasteiger partial charge is 0.220 e. The molecule has 0 aromatic heterocycles. The van der Waals surface area contributed by atoms with Crippen LogP contribution in [0, 0.1) is 5.92 Å². The van der Waals surface area contributed by atoms with Crippen molar-refractivity contribution >= 4 is 5.91 Å². The SMILES string of the molecule is O=C(CCCC1CCCCC1)N[C@@H]1CCCC[C@H]1O. The normalized spacial score (nSPS) is 29.1. The molecule has 0 aromatic carbocycles. The third-order valence-corrected chi connectivity index (χ3v) is 4.82. The summed E-state index contributed by atoms with van der Waals surface area (Å²) in [6.45, 7) is 0. The van der Waals surface area contributed by atoms with E-state index in [0.29, 0.717) is 6.42 Å². The monoisotopic (exact) mass is 267 g/mol. The summed E-state index contributed by atoms with van der Waals surface area (Å²) >= 11 is 0. The Morgan fingerprint density at radius 1 is 1.00 bits per heavy atom. The maximum absolute atomic E-state index is 11.9. The van der Waals surface area contributed by atoms with Crippen LogP contribution in [-0.2, 0) is 4.79 Å². The lowest BCUT2D eigenvalue weighted by atomic mass is 9.86. The number of hydrogen-bond donors (Lipinski definition) is 2. The number of aliphatic hydroxyl groups is 1. The first-order valence-electron chi connectivity index (χ1n) is 8.23. The molecule has 2 aliphatic carbocycles. The lowest BCUT2D eigenvalue weighted by molar-refractivity contribution is -0.123. The molecule has 0 radical (unpaired) electrons. The van der Waals surface area contributed by atoms with Crippen LogP contribution in [0.4, 0.5) is 0 Å². The van der Waals surface area contributed by atoms with Gasteiger partial charge in [-0.2, -0.15) is 0 Å². The van der Waals surface area contributed by atoms with Crippen LogP contribution in [0.15, 0.2) is 0 Å². The van der Waals surface area contributed by atoms with Gasteiger partial charge in [-0.25, -0.2) is 0 Å². The van der Waals surface area contributed by atoms with E-state index in [1.54, 1.807) is 0 Å². The van der Waals surface area contributed by atoms with Gasteiger partial charge in [0.2, 0.25) is 5.91 Å². The summed E-state index contributed by atoms with van der Waals surface area (Å²) < 4.78 is 0. The molecule has 2 N–H and O–H groups in total. The van der Waals surface area contributed by atoms with Gasteiger partial charge in [-0.05, 0) is 31.6 Å². The Labute approximate surface area is 117 Å². The minimum atomic E-state index is -0.323. The van der Waals surface area contributed by atoms with E-state index in [1.807, 2.05) is 0 Å². The topological polar surface area (TPSA) is 49.3 Å². The van der Waals surface area contributed by atoms with Crippen molar-refractivity contribution in [2.45, 2.75) is 89.2 Å². The molecule has 2 rings (SSSR count). The van der Waals surface area contributed by atoms with E-state index in [4.69, 9.17) is 0 Å². The van der Waals surface area contributed by atoms with Crippen molar-refractivity contribution in [1.82, 2.24) is 5.32 Å². The molecule has 3 heteroatoms. The highest BCUT2D eigenvalue weighted by molar-refractivity contribution is 5.76. The Balaban J connectivity index is 1.58. The molecule has 2 fully saturated rings. The number of carbonyl (C=O) groups is 1. The Morgan fingerprint density at radius 3 is 2.42 bits per heavy atom. The zero-order chi connectivity index (χ0) is 13.5. The summed E-state index contributed by atoms with van der Waals surface area (Å²) in [5, 5.41) is 12.8. The predicted octanol–water partition coefficient (Wildman–Crippen LogP) is 3.16. The van der Waals surface area contributed by atoms with Crippen molar-refractivity contribution in [3.63, 3.8) is 0 Å². The van der Waals surface area contributed by atoms with Crippen molar-refractivity contribution in [3.05, 3.63) is 0 Å². The molecule has 0 aliphatic heterocycles. The minimum Gasteiger partial charge on any atom is -0.391 e. The zero-order valence-electron chi connectivity index (χ0n) is 12.1. The third kappa shape index (κ3) is 5.13. The van der Waals surface area contributed by atoms with E-state index >= 15 is 0 Å². The number of hydrogen-bond acceptors (Lipinski definition) is 2. The van der Waals surface area contributed by atoms with Gasteiger partial charge in [-0.3, -0.25) is 4.79 Å². The molecule has 0 unspecified atom stereocenters. The average molecular weight is 267 g/mol. The maximum Gasteiger partial charge on any atom is 0.220 e. The van der Waals surface area contributed by atoms with E-state index in [2.05, 4.69) is 5.32 Å². The summed E-state index contributed by atoms with van der Waals surface area (Å²) in [6.07, 6.45) is 13.4. The molecule has 0 heterocycles. The first kappa shape index (κ1) is 14.8. The molecule has 19 heavy (non-hydrogen) atoms. The molecule has 2 saturated carbocycles. The highest BCUT2D eigenvalue weighted by atomic mass is 16.3. The molecular formula is C16H29NO2. The van der Waals surface area contributed by atoms with E-state index in [9.17, 15) is 9.90 Å². The summed E-state index contributed by atoms with van der Waals surface area (Å²) in [7, 11) is 0. The number of aliphatic hydroxyl groups excluding tert-OH is 1. The molecule has 0 spiro atoms. The summed E-state index contributed by atoms with van der Waals surface area (Å²) in [5.74, 6) is 1.00. The van der Waals surface area contributed by atoms with Gasteiger partial charge in [0.25, 0.3) is 0 Å². The number of rotatable bonds is 5. The highest BCUT2D eigenvalue weighted by Gasteiger charge is 2.24. The van der Waals surface area contributed by atoms with Gasteiger partial charge in [0.1, 0.15) is 0 Å². The molecule has 2 atom stereocenters. The minimum absolute atomic E-state index is 0.0101. The van der Waals surface area contributed by atoms with E-state index in [-0.39, 0.29) is 18.1 Å². The van der Waals surface area contributed by atoms with Crippen LogP contribution >= 0.6 is 0 Å². The molecule has 0 bridgehead atoms. The molecule has 0 saturated heterocycles. The molecule has 0 aromatic rings. The standard InChI is InChI=1S/C16H29NO2/c18-15-11-5-4-10-14(15)17-16(19)12-6-9-13-7-2-1-3-8-13/h13-15,18H,1-12H2,(H,17,19)/t14-,15-/m1/s1. The second kappa shape index (κ2) is 7.88. The van der Waals surface area contributed by atoms with Gasteiger partial charge >= 0.3 is 0 Å². The quantitative estimate of drug-likeness (QED) is 0.804. The van der Waals surface area contributed by atoms with Gasteiger partial charge in [-0.1, -0.05) is 44.9 Å². The van der Waals surface area contributed by atoms with Gasteiger partial charge in [-0.15, -0.1) is 0 Å². The van der Waals surface area contributed by atoms with Crippen molar-refractivity contribution in [1.29, 1.82) is 0 Å². The average Bonchev–Trinajstić information content (AvgIpc) is 2.43. The Bertz CT molecular complexity index is 274. The van der Waals surface area contributed by atoms with Crippen molar-refractivity contribution in [2.24, 2.45) is 5.92 Å². The Kier molecular flexibility index (Phi) is 6.15. The zero-order valence-corrected chi connectivity index (χ0v) is 12.1. The molecule has 3 nitrogen and oxygen atoms in total. The fourth-order valence-electron chi connectivity index (χ4n) is 3.59. The van der Waals surface area contributed by atoms with Crippen LogP contribution in [0.25, 0.3) is 0 Å². The number of amides is 1. The lowest BCUT2D eigenvalue weighted by Crippen LogP contribution is -2.45. The Morgan fingerprint density at radius 2 is 1.68 bits per heavy atom. The molecule has 2 aliphatic rings. The molecule has 1 amide bonds. The first-order chi connectivity index (χ1) is 9.25. The van der Waals surface area contributed by atoms with Gasteiger partial charge in [0.05, 0.1) is 12.1 Å². The van der Waals surface area contributed by atoms with Crippen LogP contribution < -0.4 is 5.32 Å². The van der Waals surface area contributed by atoms with Crippen molar-refractivity contribution in [2.75, 3.05) is 0 Å². The van der Waals surface area contributed by atoms with Gasteiger partial charge in [0.15, 0.2) is 0 Å². The van der Waals surface area contributed by atoms with E-state index in [0.717, 1.165) is 38.0 Å². The number of nitrogens with one attached hydrogen (secondary N) is 1. The largest absolute Gasteiger partial charge is 0.391 e. The second-order valence-electron chi connectivity index (χ2n) is 6.42. The highest BCUT2D eigenvalue weighted by Crippen LogP contribution is 2.27. The second-order valence-corrected chi connectivity index (χ2v) is 6.42. The molecule has 110 valence electrons. The van der Waals surface area contributed by atoms with Crippen LogP contribution in [0.2, 0.25) is 0 Å². The van der Waals surface area contributed by atoms with Crippen LogP contribution in [0.1, 0.15) is 77.0 Å². The third-order valence-electron chi connectivity index (χ3n) is 4.82. The van der Waals surface area contributed by atoms with Gasteiger partial charge < -0.3 is 10.4 Å². The lowest BCUT2D eigenvalue weighted by Gasteiger charge is -2.28. The number of carbonyl (C=O) groups excluding carboxylic acids is 1. The first-order valence-corrected chi connectivity index (χ1v) is 8.23. The van der Waals surface area contributed by atoms with Crippen LogP contribution in [0.5, 0.6) is 0 Å². The van der Waals surface area contributed by atoms with E-state index in [1.165, 1.54) is 38.5 Å². The fraction of sp³-hybridized carbons (Fsp3) is 0.938. The van der Waals surface area contributed by atoms with Crippen molar-refractivity contribution in [3.8, 4) is 0 Å². The summed E-state index contributed by atoms with van der Waals surface area (Å²) in [5.41, 5.74) is 0. The van der Waals surface area contributed by atoms with Crippen LogP contribution in [0.3, 0.4) is 0 Å². The van der Waals surface area contributed by atoms with Crippen LogP contribution in [-0.4, -0.2) is 23.2 Å². The predicted molar refractivity (Wildman–Crippen MR) is 76.8 cm³/mol. The fourth-order valence-corrected chi connectivity index (χ4v) is 3.59. The summed E-state index contributed by atoms with van der Waals surface area (Å²) in [4.78, 5) is 11.9. The molecular weight excluding hydrogens is 238 g/mol. The van der Waals surface area contributed by atoms with Crippen molar-refractivity contribution < 1.29 is 9.90 Å². The maximum atomic E-state index is 11.9. The Hall–Kier alpha value is -0.570. The van der Waals surface area contributed by atoms with E-state index < -0.39 is 0 Å². The van der Waals surface area contributed by atoms with Gasteiger partial charge in [0, 0.05) is 6.42 Å².